The maximum Gasteiger partial charge on any atom is 0.0992 e. The predicted octanol–water partition coefficient (Wildman–Crippen LogP) is 3.03. The van der Waals surface area contributed by atoms with E-state index in [-0.39, 0.29) is 0 Å². The second-order valence-corrected chi connectivity index (χ2v) is 4.13. The van der Waals surface area contributed by atoms with Crippen LogP contribution in [0.2, 0.25) is 0 Å². The summed E-state index contributed by atoms with van der Waals surface area (Å²) >= 11 is 0. The van der Waals surface area contributed by atoms with Crippen LogP contribution in [0, 0.1) is 11.3 Å². The van der Waals surface area contributed by atoms with Crippen LogP contribution in [0.3, 0.4) is 0 Å². The summed E-state index contributed by atoms with van der Waals surface area (Å²) in [6.07, 6.45) is 0. The summed E-state index contributed by atoms with van der Waals surface area (Å²) in [5.74, 6) is 0. The molecule has 0 spiro atoms. The number of rotatable bonds is 4. The second-order valence-electron chi connectivity index (χ2n) is 4.13. The molecule has 0 saturated carbocycles. The highest BCUT2D eigenvalue weighted by Crippen LogP contribution is 2.26. The van der Waals surface area contributed by atoms with Crippen molar-refractivity contribution in [3.8, 4) is 6.07 Å². The van der Waals surface area contributed by atoms with Crippen molar-refractivity contribution in [1.82, 2.24) is 0 Å². The zero-order chi connectivity index (χ0) is 13.7. The predicted molar refractivity (Wildman–Crippen MR) is 76.0 cm³/mol. The van der Waals surface area contributed by atoms with Crippen molar-refractivity contribution < 1.29 is 4.74 Å². The normalized spacial score (nSPS) is 9.89. The number of methoxy groups -OCH3 is 1. The number of nitrogens with one attached hydrogen (secondary N) is 1. The summed E-state index contributed by atoms with van der Waals surface area (Å²) in [6, 6.07) is 15.1. The first kappa shape index (κ1) is 12.9. The highest BCUT2D eigenvalue weighted by atomic mass is 16.5. The van der Waals surface area contributed by atoms with E-state index >= 15 is 0 Å². The van der Waals surface area contributed by atoms with Crippen molar-refractivity contribution in [2.45, 2.75) is 6.61 Å². The van der Waals surface area contributed by atoms with Gasteiger partial charge in [0.15, 0.2) is 0 Å². The molecule has 96 valence electrons. The molecule has 0 aliphatic carbocycles. The van der Waals surface area contributed by atoms with E-state index < -0.39 is 0 Å². The lowest BCUT2D eigenvalue weighted by Crippen LogP contribution is -2.00. The van der Waals surface area contributed by atoms with Crippen LogP contribution >= 0.6 is 0 Å². The van der Waals surface area contributed by atoms with Crippen molar-refractivity contribution in [2.75, 3.05) is 18.2 Å². The number of nitrogens with two attached hydrogens (primary N) is 1. The summed E-state index contributed by atoms with van der Waals surface area (Å²) in [7, 11) is 1.66. The lowest BCUT2D eigenvalue weighted by molar-refractivity contribution is 0.185. The molecule has 0 aliphatic heterocycles. The lowest BCUT2D eigenvalue weighted by atomic mass is 10.1. The maximum absolute atomic E-state index is 8.81. The summed E-state index contributed by atoms with van der Waals surface area (Å²) in [5, 5.41) is 12.1. The fourth-order valence-electron chi connectivity index (χ4n) is 1.81. The van der Waals surface area contributed by atoms with Crippen LogP contribution in [0.5, 0.6) is 0 Å². The highest BCUT2D eigenvalue weighted by molar-refractivity contribution is 5.75. The van der Waals surface area contributed by atoms with Crippen LogP contribution < -0.4 is 11.1 Å². The summed E-state index contributed by atoms with van der Waals surface area (Å²) in [6.45, 7) is 0.527. The van der Waals surface area contributed by atoms with E-state index in [9.17, 15) is 0 Å². The number of anilines is 3. The van der Waals surface area contributed by atoms with E-state index in [0.717, 1.165) is 16.9 Å². The van der Waals surface area contributed by atoms with Gasteiger partial charge in [-0.25, -0.2) is 0 Å². The van der Waals surface area contributed by atoms with Crippen molar-refractivity contribution >= 4 is 17.1 Å². The van der Waals surface area contributed by atoms with E-state index in [1.807, 2.05) is 24.3 Å². The van der Waals surface area contributed by atoms with Crippen LogP contribution in [0.1, 0.15) is 11.1 Å². The monoisotopic (exact) mass is 253 g/mol. The first-order chi connectivity index (χ1) is 9.24. The van der Waals surface area contributed by atoms with Gasteiger partial charge < -0.3 is 15.8 Å². The maximum atomic E-state index is 8.81. The van der Waals surface area contributed by atoms with Gasteiger partial charge in [0.1, 0.15) is 0 Å². The Balaban J connectivity index is 2.29. The Labute approximate surface area is 112 Å². The molecule has 0 amide bonds. The van der Waals surface area contributed by atoms with E-state index in [4.69, 9.17) is 15.7 Å². The van der Waals surface area contributed by atoms with Gasteiger partial charge in [-0.05, 0) is 24.3 Å². The Hall–Kier alpha value is -2.51. The van der Waals surface area contributed by atoms with Gasteiger partial charge >= 0.3 is 0 Å². The molecule has 0 unspecified atom stereocenters. The lowest BCUT2D eigenvalue weighted by Gasteiger charge is -2.13. The van der Waals surface area contributed by atoms with E-state index in [2.05, 4.69) is 11.4 Å². The number of nitrogen functional groups attached to an aromatic ring is 1. The van der Waals surface area contributed by atoms with Crippen molar-refractivity contribution in [1.29, 1.82) is 5.26 Å². The van der Waals surface area contributed by atoms with Gasteiger partial charge in [-0.1, -0.05) is 18.2 Å². The highest BCUT2D eigenvalue weighted by Gasteiger charge is 2.05. The molecule has 0 bridgehead atoms. The number of hydrogen-bond acceptors (Lipinski definition) is 4. The molecule has 0 heterocycles. The number of benzene rings is 2. The van der Waals surface area contributed by atoms with Crippen LogP contribution in [-0.2, 0) is 11.3 Å². The molecule has 0 atom stereocenters. The van der Waals surface area contributed by atoms with Gasteiger partial charge in [-0.3, -0.25) is 0 Å². The average Bonchev–Trinajstić information content (AvgIpc) is 2.43. The minimum absolute atomic E-state index is 0.527. The molecule has 0 radical (unpaired) electrons. The molecule has 4 heteroatoms. The van der Waals surface area contributed by atoms with E-state index in [1.54, 1.807) is 25.3 Å². The van der Waals surface area contributed by atoms with Crippen LogP contribution in [0.15, 0.2) is 42.5 Å². The fraction of sp³-hybridized carbons (Fsp3) is 0.133. The molecule has 2 rings (SSSR count). The number of para-hydroxylation sites is 1. The van der Waals surface area contributed by atoms with Crippen LogP contribution in [0.4, 0.5) is 17.1 Å². The van der Waals surface area contributed by atoms with E-state index in [0.29, 0.717) is 17.9 Å². The number of nitrogens with zero attached hydrogens (tertiary/aromatic N) is 1. The molecular formula is C15H15N3O. The van der Waals surface area contributed by atoms with Gasteiger partial charge in [0.05, 0.1) is 29.6 Å². The Morgan fingerprint density at radius 2 is 2.00 bits per heavy atom. The first-order valence-electron chi connectivity index (χ1n) is 5.88. The zero-order valence-electron chi connectivity index (χ0n) is 10.7. The zero-order valence-corrected chi connectivity index (χ0v) is 10.7. The minimum atomic E-state index is 0.527. The third-order valence-electron chi connectivity index (χ3n) is 2.77. The number of hydrogen-bond donors (Lipinski definition) is 2. The SMILES string of the molecule is COCc1ccccc1Nc1ccc(C#N)cc1N. The van der Waals surface area contributed by atoms with Crippen LogP contribution in [-0.4, -0.2) is 7.11 Å². The Morgan fingerprint density at radius 3 is 2.68 bits per heavy atom. The van der Waals surface area contributed by atoms with Crippen molar-refractivity contribution in [3.05, 3.63) is 53.6 Å². The van der Waals surface area contributed by atoms with Crippen molar-refractivity contribution in [3.63, 3.8) is 0 Å². The molecule has 2 aromatic carbocycles. The second kappa shape index (κ2) is 5.89. The van der Waals surface area contributed by atoms with Gasteiger partial charge in [0.2, 0.25) is 0 Å². The molecule has 4 nitrogen and oxygen atoms in total. The van der Waals surface area contributed by atoms with Gasteiger partial charge in [0, 0.05) is 18.4 Å². The van der Waals surface area contributed by atoms with Gasteiger partial charge in [0.25, 0.3) is 0 Å². The van der Waals surface area contributed by atoms with Crippen molar-refractivity contribution in [2.24, 2.45) is 0 Å². The molecule has 3 N–H and O–H groups in total. The van der Waals surface area contributed by atoms with E-state index in [1.165, 1.54) is 0 Å². The molecule has 0 aromatic heterocycles. The third-order valence-corrected chi connectivity index (χ3v) is 2.77. The Morgan fingerprint density at radius 1 is 1.21 bits per heavy atom. The molecule has 0 saturated heterocycles. The first-order valence-corrected chi connectivity index (χ1v) is 5.88. The largest absolute Gasteiger partial charge is 0.397 e. The smallest absolute Gasteiger partial charge is 0.0992 e. The van der Waals surface area contributed by atoms with Gasteiger partial charge in [-0.15, -0.1) is 0 Å². The minimum Gasteiger partial charge on any atom is -0.397 e. The van der Waals surface area contributed by atoms with Crippen LogP contribution in [0.25, 0.3) is 0 Å². The molecule has 0 aliphatic rings. The Kier molecular flexibility index (Phi) is 4.01. The third kappa shape index (κ3) is 3.03. The average molecular weight is 253 g/mol. The molecule has 19 heavy (non-hydrogen) atoms. The topological polar surface area (TPSA) is 71.1 Å². The standard InChI is InChI=1S/C15H15N3O/c1-19-10-12-4-2-3-5-14(12)18-15-7-6-11(9-16)8-13(15)17/h2-8,18H,10,17H2,1H3. The summed E-state index contributed by atoms with van der Waals surface area (Å²) in [5.41, 5.74) is 9.80. The summed E-state index contributed by atoms with van der Waals surface area (Å²) in [4.78, 5) is 0. The molecule has 2 aromatic rings. The van der Waals surface area contributed by atoms with Gasteiger partial charge in [-0.2, -0.15) is 5.26 Å². The Bertz CT molecular complexity index is 617. The number of nitriles is 1. The molecule has 0 fully saturated rings. The molecular weight excluding hydrogens is 238 g/mol. The summed E-state index contributed by atoms with van der Waals surface area (Å²) < 4.78 is 5.16. The quantitative estimate of drug-likeness (QED) is 0.821. The number of ether oxygens (including phenoxy) is 1. The fourth-order valence-corrected chi connectivity index (χ4v) is 1.81.